The van der Waals surface area contributed by atoms with Crippen LogP contribution in [0.5, 0.6) is 11.5 Å². The number of nitrogens with zero attached hydrogens (tertiary/aromatic N) is 1. The van der Waals surface area contributed by atoms with Crippen LogP contribution in [0.3, 0.4) is 0 Å². The molecule has 1 rings (SSSR count). The minimum atomic E-state index is -2.19. The van der Waals surface area contributed by atoms with Gasteiger partial charge in [0.05, 0.1) is 23.7 Å². The van der Waals surface area contributed by atoms with Crippen LogP contribution in [-0.4, -0.2) is 26.6 Å². The summed E-state index contributed by atoms with van der Waals surface area (Å²) in [6, 6.07) is 2.48. The van der Waals surface area contributed by atoms with E-state index in [9.17, 15) is 14.9 Å². The van der Waals surface area contributed by atoms with Gasteiger partial charge in [0.2, 0.25) is 0 Å². The van der Waals surface area contributed by atoms with E-state index >= 15 is 0 Å². The summed E-state index contributed by atoms with van der Waals surface area (Å²) in [4.78, 5) is 21.6. The molecule has 1 aromatic rings. The van der Waals surface area contributed by atoms with Gasteiger partial charge in [0, 0.05) is 6.07 Å². The van der Waals surface area contributed by atoms with Gasteiger partial charge in [0.1, 0.15) is 0 Å². The third-order valence-corrected chi connectivity index (χ3v) is 8.12. The summed E-state index contributed by atoms with van der Waals surface area (Å²) in [5.41, 5.74) is -0.0672. The minimum absolute atomic E-state index is 0.0695. The maximum Gasteiger partial charge on any atom is 0.274 e. The molecule has 116 valence electrons. The summed E-state index contributed by atoms with van der Waals surface area (Å²) in [7, 11) is -0.799. The van der Waals surface area contributed by atoms with Crippen LogP contribution < -0.4 is 9.16 Å². The number of nitro benzene ring substituents is 1. The number of aldehydes is 1. The summed E-state index contributed by atoms with van der Waals surface area (Å²) in [6.07, 6.45) is 0.554. The minimum Gasteiger partial charge on any atom is -0.541 e. The smallest absolute Gasteiger partial charge is 0.274 e. The molecule has 0 radical (unpaired) electrons. The van der Waals surface area contributed by atoms with Gasteiger partial charge < -0.3 is 9.16 Å². The highest BCUT2D eigenvalue weighted by Gasteiger charge is 2.40. The lowest BCUT2D eigenvalue weighted by Gasteiger charge is -2.37. The average molecular weight is 311 g/mol. The van der Waals surface area contributed by atoms with Crippen molar-refractivity contribution in [3.8, 4) is 11.5 Å². The van der Waals surface area contributed by atoms with Crippen molar-refractivity contribution in [3.05, 3.63) is 27.8 Å². The van der Waals surface area contributed by atoms with Gasteiger partial charge in [-0.15, -0.1) is 0 Å². The van der Waals surface area contributed by atoms with E-state index in [4.69, 9.17) is 9.16 Å². The van der Waals surface area contributed by atoms with Gasteiger partial charge in [-0.2, -0.15) is 0 Å². The highest BCUT2D eigenvalue weighted by atomic mass is 28.4. The van der Waals surface area contributed by atoms with Gasteiger partial charge in [-0.3, -0.25) is 14.9 Å². The lowest BCUT2D eigenvalue weighted by molar-refractivity contribution is -0.385. The molecule has 0 aliphatic heterocycles. The third kappa shape index (κ3) is 3.60. The highest BCUT2D eigenvalue weighted by molar-refractivity contribution is 6.74. The fourth-order valence-corrected chi connectivity index (χ4v) is 2.51. The first-order valence-electron chi connectivity index (χ1n) is 6.54. The number of non-ortho nitro benzene ring substituents is 1. The standard InChI is InChI=1S/C14H21NO5Si/c1-14(2,3)21(5,6)20-13-10(9-16)7-11(15(17)18)8-12(13)19-4/h7-9H,1-6H3. The maximum absolute atomic E-state index is 11.3. The summed E-state index contributed by atoms with van der Waals surface area (Å²) in [5, 5.41) is 10.8. The molecule has 0 unspecified atom stereocenters. The summed E-state index contributed by atoms with van der Waals surface area (Å²) in [6.45, 7) is 10.3. The van der Waals surface area contributed by atoms with Crippen molar-refractivity contribution in [2.75, 3.05) is 7.11 Å². The monoisotopic (exact) mass is 311 g/mol. The van der Waals surface area contributed by atoms with E-state index in [2.05, 4.69) is 20.8 Å². The second-order valence-corrected chi connectivity index (χ2v) is 11.0. The van der Waals surface area contributed by atoms with Crippen LogP contribution in [0.25, 0.3) is 0 Å². The van der Waals surface area contributed by atoms with Crippen LogP contribution in [-0.2, 0) is 0 Å². The van der Waals surface area contributed by atoms with E-state index in [0.29, 0.717) is 6.29 Å². The molecule has 21 heavy (non-hydrogen) atoms. The molecule has 0 fully saturated rings. The quantitative estimate of drug-likeness (QED) is 0.358. The molecule has 0 heterocycles. The fraction of sp³-hybridized carbons (Fsp3) is 0.500. The molecule has 0 aliphatic rings. The van der Waals surface area contributed by atoms with Crippen molar-refractivity contribution in [3.63, 3.8) is 0 Å². The Hall–Kier alpha value is -1.89. The number of ether oxygens (including phenoxy) is 1. The Morgan fingerprint density at radius 1 is 1.29 bits per heavy atom. The van der Waals surface area contributed by atoms with E-state index in [1.807, 2.05) is 13.1 Å². The van der Waals surface area contributed by atoms with E-state index < -0.39 is 13.2 Å². The molecule has 0 bridgehead atoms. The van der Waals surface area contributed by atoms with E-state index in [0.717, 1.165) is 0 Å². The molecule has 0 aliphatic carbocycles. The van der Waals surface area contributed by atoms with E-state index in [1.165, 1.54) is 19.2 Å². The Balaban J connectivity index is 3.42. The number of methoxy groups -OCH3 is 1. The van der Waals surface area contributed by atoms with Gasteiger partial charge in [-0.1, -0.05) is 20.8 Å². The Bertz CT molecular complexity index is 563. The fourth-order valence-electron chi connectivity index (χ4n) is 1.47. The topological polar surface area (TPSA) is 78.7 Å². The number of carbonyl (C=O) groups is 1. The largest absolute Gasteiger partial charge is 0.541 e. The first kappa shape index (κ1) is 17.2. The van der Waals surface area contributed by atoms with Crippen LogP contribution >= 0.6 is 0 Å². The predicted octanol–water partition coefficient (Wildman–Crippen LogP) is 3.80. The molecule has 1 aromatic carbocycles. The number of carbonyl (C=O) groups excluding carboxylic acids is 1. The molecular weight excluding hydrogens is 290 g/mol. The first-order chi connectivity index (χ1) is 9.53. The molecule has 0 atom stereocenters. The van der Waals surface area contributed by atoms with E-state index in [-0.39, 0.29) is 27.8 Å². The van der Waals surface area contributed by atoms with Gasteiger partial charge in [-0.25, -0.2) is 0 Å². The molecule has 7 heteroatoms. The molecule has 6 nitrogen and oxygen atoms in total. The molecule has 0 N–H and O–H groups in total. The number of hydrogen-bond acceptors (Lipinski definition) is 5. The molecule has 0 aromatic heterocycles. The van der Waals surface area contributed by atoms with Crippen LogP contribution in [0.1, 0.15) is 31.1 Å². The first-order valence-corrected chi connectivity index (χ1v) is 9.45. The van der Waals surface area contributed by atoms with Crippen molar-refractivity contribution >= 4 is 20.3 Å². The normalized spacial score (nSPS) is 11.9. The van der Waals surface area contributed by atoms with Crippen molar-refractivity contribution in [2.45, 2.75) is 38.9 Å². The second kappa shape index (κ2) is 5.85. The van der Waals surface area contributed by atoms with Crippen molar-refractivity contribution in [1.82, 2.24) is 0 Å². The molecule has 0 saturated carbocycles. The summed E-state index contributed by atoms with van der Waals surface area (Å²) in [5.74, 6) is 0.487. The zero-order valence-corrected chi connectivity index (χ0v) is 14.2. The highest BCUT2D eigenvalue weighted by Crippen LogP contribution is 2.42. The number of benzene rings is 1. The maximum atomic E-state index is 11.3. The molecular formula is C14H21NO5Si. The second-order valence-electron chi connectivity index (χ2n) is 6.30. The molecule has 0 spiro atoms. The van der Waals surface area contributed by atoms with Gasteiger partial charge in [-0.05, 0) is 18.1 Å². The van der Waals surface area contributed by atoms with Crippen molar-refractivity contribution in [2.24, 2.45) is 0 Å². The zero-order valence-electron chi connectivity index (χ0n) is 13.2. The summed E-state index contributed by atoms with van der Waals surface area (Å²) < 4.78 is 11.3. The SMILES string of the molecule is COc1cc([N+](=O)[O-])cc(C=O)c1O[Si](C)(C)C(C)(C)C. The number of nitro groups is 1. The lowest BCUT2D eigenvalue weighted by atomic mass is 10.2. The third-order valence-electron chi connectivity index (χ3n) is 3.79. The van der Waals surface area contributed by atoms with Gasteiger partial charge in [0.25, 0.3) is 14.0 Å². The Morgan fingerprint density at radius 3 is 2.24 bits per heavy atom. The number of hydrogen-bond donors (Lipinski definition) is 0. The van der Waals surface area contributed by atoms with Crippen LogP contribution in [0.2, 0.25) is 18.1 Å². The Kier molecular flexibility index (Phi) is 4.78. The van der Waals surface area contributed by atoms with Crippen molar-refractivity contribution in [1.29, 1.82) is 0 Å². The summed E-state index contributed by atoms with van der Waals surface area (Å²) >= 11 is 0. The van der Waals surface area contributed by atoms with Crippen LogP contribution in [0, 0.1) is 10.1 Å². The van der Waals surface area contributed by atoms with E-state index in [1.54, 1.807) is 0 Å². The van der Waals surface area contributed by atoms with Crippen molar-refractivity contribution < 1.29 is 18.9 Å². The zero-order chi connectivity index (χ0) is 16.4. The van der Waals surface area contributed by atoms with Crippen LogP contribution in [0.15, 0.2) is 12.1 Å². The predicted molar refractivity (Wildman–Crippen MR) is 82.9 cm³/mol. The van der Waals surface area contributed by atoms with Gasteiger partial charge >= 0.3 is 0 Å². The molecule has 0 amide bonds. The van der Waals surface area contributed by atoms with Gasteiger partial charge in [0.15, 0.2) is 17.8 Å². The average Bonchev–Trinajstić information content (AvgIpc) is 2.36. The number of rotatable bonds is 5. The Morgan fingerprint density at radius 2 is 1.86 bits per heavy atom. The Labute approximate surface area is 125 Å². The van der Waals surface area contributed by atoms with Crippen LogP contribution in [0.4, 0.5) is 5.69 Å². The lowest BCUT2D eigenvalue weighted by Crippen LogP contribution is -2.44. The molecule has 0 saturated heterocycles.